The summed E-state index contributed by atoms with van der Waals surface area (Å²) >= 11 is 0. The number of nitrogens with one attached hydrogen (secondary N) is 2. The van der Waals surface area contributed by atoms with E-state index in [1.807, 2.05) is 36.2 Å². The van der Waals surface area contributed by atoms with Crippen molar-refractivity contribution < 1.29 is 9.59 Å². The lowest BCUT2D eigenvalue weighted by Crippen LogP contribution is -2.51. The van der Waals surface area contributed by atoms with Crippen LogP contribution in [0.5, 0.6) is 0 Å². The second-order valence-electron chi connectivity index (χ2n) is 8.60. The van der Waals surface area contributed by atoms with Crippen molar-refractivity contribution in [1.82, 2.24) is 20.1 Å². The maximum absolute atomic E-state index is 12.5. The molecule has 2 aliphatic rings. The fourth-order valence-corrected chi connectivity index (χ4v) is 4.36. The van der Waals surface area contributed by atoms with Crippen LogP contribution in [0.15, 0.2) is 42.6 Å². The van der Waals surface area contributed by atoms with Crippen molar-refractivity contribution in [3.8, 4) is 0 Å². The Morgan fingerprint density at radius 2 is 1.91 bits per heavy atom. The molecule has 1 aromatic carbocycles. The van der Waals surface area contributed by atoms with Gasteiger partial charge in [0.15, 0.2) is 0 Å². The van der Waals surface area contributed by atoms with E-state index in [0.29, 0.717) is 24.0 Å². The normalized spacial score (nSPS) is 20.4. The van der Waals surface area contributed by atoms with Crippen LogP contribution in [0.1, 0.15) is 42.4 Å². The van der Waals surface area contributed by atoms with Gasteiger partial charge in [-0.25, -0.2) is 4.98 Å². The zero-order valence-corrected chi connectivity index (χ0v) is 19.0. The van der Waals surface area contributed by atoms with Crippen molar-refractivity contribution in [3.63, 3.8) is 0 Å². The molecule has 1 aromatic heterocycles. The second kappa shape index (κ2) is 9.67. The van der Waals surface area contributed by atoms with E-state index in [-0.39, 0.29) is 18.0 Å². The van der Waals surface area contributed by atoms with Gasteiger partial charge in [-0.2, -0.15) is 0 Å². The first kappa shape index (κ1) is 22.2. The number of nitrogens with zero attached hydrogens (tertiary/aromatic N) is 4. The van der Waals surface area contributed by atoms with Gasteiger partial charge in [0.2, 0.25) is 5.91 Å². The number of hydrogen-bond donors (Lipinski definition) is 2. The van der Waals surface area contributed by atoms with E-state index in [9.17, 15) is 9.59 Å². The molecule has 0 bridgehead atoms. The maximum atomic E-state index is 12.5. The largest absolute Gasteiger partial charge is 0.335 e. The van der Waals surface area contributed by atoms with Crippen LogP contribution in [-0.4, -0.2) is 72.4 Å². The van der Waals surface area contributed by atoms with Crippen LogP contribution in [0.3, 0.4) is 0 Å². The molecule has 2 amide bonds. The summed E-state index contributed by atoms with van der Waals surface area (Å²) in [4.78, 5) is 36.0. The fourth-order valence-electron chi connectivity index (χ4n) is 4.36. The zero-order chi connectivity index (χ0) is 22.7. The molecule has 4 rings (SSSR count). The number of carbonyl (C=O) groups excluding carboxylic acids is 2. The Labute approximate surface area is 189 Å². The molecule has 0 radical (unpaired) electrons. The molecule has 3 heterocycles. The minimum absolute atomic E-state index is 0.00375. The summed E-state index contributed by atoms with van der Waals surface area (Å²) in [5.74, 6) is 0.519. The van der Waals surface area contributed by atoms with Gasteiger partial charge in [0, 0.05) is 51.2 Å². The maximum Gasteiger partial charge on any atom is 0.256 e. The lowest BCUT2D eigenvalue weighted by atomic mass is 10.1. The van der Waals surface area contributed by atoms with Crippen LogP contribution in [-0.2, 0) is 4.79 Å². The summed E-state index contributed by atoms with van der Waals surface area (Å²) < 4.78 is 0. The second-order valence-corrected chi connectivity index (χ2v) is 8.60. The molecule has 0 spiro atoms. The Bertz CT molecular complexity index is 955. The third kappa shape index (κ3) is 4.76. The summed E-state index contributed by atoms with van der Waals surface area (Å²) in [6.07, 6.45) is 2.53. The monoisotopic (exact) mass is 436 g/mol. The Morgan fingerprint density at radius 1 is 1.19 bits per heavy atom. The van der Waals surface area contributed by atoms with Crippen molar-refractivity contribution in [2.45, 2.75) is 32.5 Å². The highest BCUT2D eigenvalue weighted by molar-refractivity contribution is 6.01. The fraction of sp³-hybridized carbons (Fsp3) is 0.458. The Balaban J connectivity index is 1.33. The summed E-state index contributed by atoms with van der Waals surface area (Å²) in [7, 11) is 1.91. The number of fused-ring (bicyclic) bond motifs is 1. The topological polar surface area (TPSA) is 80.8 Å². The van der Waals surface area contributed by atoms with Crippen LogP contribution < -0.4 is 15.5 Å². The number of piperazine rings is 1. The molecule has 8 nitrogen and oxygen atoms in total. The van der Waals surface area contributed by atoms with Crippen LogP contribution in [0, 0.1) is 0 Å². The first-order chi connectivity index (χ1) is 15.5. The summed E-state index contributed by atoms with van der Waals surface area (Å²) in [5, 5.41) is 6.01. The molecule has 0 saturated carbocycles. The molecule has 2 N–H and O–H groups in total. The predicted molar refractivity (Wildman–Crippen MR) is 126 cm³/mol. The first-order valence-electron chi connectivity index (χ1n) is 11.3. The van der Waals surface area contributed by atoms with E-state index < -0.39 is 0 Å². The highest BCUT2D eigenvalue weighted by Crippen LogP contribution is 2.30. The number of pyridine rings is 1. The predicted octanol–water partition coefficient (Wildman–Crippen LogP) is 2.31. The lowest BCUT2D eigenvalue weighted by molar-refractivity contribution is -0.117. The lowest BCUT2D eigenvalue weighted by Gasteiger charge is -2.37. The van der Waals surface area contributed by atoms with Crippen LogP contribution in [0.2, 0.25) is 0 Å². The van der Waals surface area contributed by atoms with Gasteiger partial charge in [0.25, 0.3) is 5.91 Å². The van der Waals surface area contributed by atoms with Gasteiger partial charge in [-0.05, 0) is 43.2 Å². The minimum Gasteiger partial charge on any atom is -0.335 e. The molecule has 1 saturated heterocycles. The number of carbonyl (C=O) groups is 2. The molecule has 0 aliphatic carbocycles. The standard InChI is InChI=1S/C24H32N6O2/c1-4-17(2)30-14-12-29(13-15-30)16-21(31)26-19-9-7-18(8-10-19)22-27-24(32)20-6-5-11-25-23(20)28(22)3/h5-11,17,22H,4,12-16H2,1-3H3,(H,26,31)(H,27,32)/t17-,22-/m0/s1. The van der Waals surface area contributed by atoms with Gasteiger partial charge in [0.05, 0.1) is 12.1 Å². The van der Waals surface area contributed by atoms with Crippen LogP contribution in [0.4, 0.5) is 11.5 Å². The molecular formula is C24H32N6O2. The van der Waals surface area contributed by atoms with Crippen molar-refractivity contribution in [2.75, 3.05) is 50.0 Å². The van der Waals surface area contributed by atoms with Crippen molar-refractivity contribution in [2.24, 2.45) is 0 Å². The van der Waals surface area contributed by atoms with Crippen molar-refractivity contribution >= 4 is 23.3 Å². The van der Waals surface area contributed by atoms with E-state index >= 15 is 0 Å². The number of amides is 2. The van der Waals surface area contributed by atoms with E-state index in [1.54, 1.807) is 18.3 Å². The van der Waals surface area contributed by atoms with E-state index in [1.165, 1.54) is 0 Å². The molecule has 1 fully saturated rings. The SMILES string of the molecule is CC[C@H](C)N1CCN(CC(=O)Nc2ccc([C@H]3NC(=O)c4cccnc4N3C)cc2)CC1. The number of anilines is 2. The van der Waals surface area contributed by atoms with Gasteiger partial charge >= 0.3 is 0 Å². The number of rotatable bonds is 6. The zero-order valence-electron chi connectivity index (χ0n) is 19.0. The van der Waals surface area contributed by atoms with Crippen LogP contribution in [0.25, 0.3) is 0 Å². The van der Waals surface area contributed by atoms with E-state index in [4.69, 9.17) is 0 Å². The Hall–Kier alpha value is -2.97. The molecule has 8 heteroatoms. The third-order valence-corrected chi connectivity index (χ3v) is 6.52. The minimum atomic E-state index is -0.309. The van der Waals surface area contributed by atoms with Gasteiger partial charge in [-0.1, -0.05) is 19.1 Å². The quantitative estimate of drug-likeness (QED) is 0.723. The molecule has 0 unspecified atom stereocenters. The van der Waals surface area contributed by atoms with Crippen molar-refractivity contribution in [3.05, 3.63) is 53.7 Å². The molecule has 170 valence electrons. The van der Waals surface area contributed by atoms with Crippen LogP contribution >= 0.6 is 0 Å². The number of benzene rings is 1. The van der Waals surface area contributed by atoms with Gasteiger partial charge in [-0.15, -0.1) is 0 Å². The third-order valence-electron chi connectivity index (χ3n) is 6.52. The number of hydrogen-bond acceptors (Lipinski definition) is 6. The Kier molecular flexibility index (Phi) is 6.72. The Morgan fingerprint density at radius 3 is 2.59 bits per heavy atom. The number of aromatic nitrogens is 1. The highest BCUT2D eigenvalue weighted by atomic mass is 16.2. The molecule has 2 aliphatic heterocycles. The molecule has 2 aromatic rings. The van der Waals surface area contributed by atoms with Gasteiger partial charge in [0.1, 0.15) is 12.0 Å². The van der Waals surface area contributed by atoms with E-state index in [0.717, 1.165) is 43.9 Å². The van der Waals surface area contributed by atoms with Gasteiger partial charge < -0.3 is 15.5 Å². The molecule has 32 heavy (non-hydrogen) atoms. The molecule has 2 atom stereocenters. The average molecular weight is 437 g/mol. The first-order valence-corrected chi connectivity index (χ1v) is 11.3. The summed E-state index contributed by atoms with van der Waals surface area (Å²) in [6, 6.07) is 11.7. The average Bonchev–Trinajstić information content (AvgIpc) is 2.82. The molecular weight excluding hydrogens is 404 g/mol. The summed E-state index contributed by atoms with van der Waals surface area (Å²) in [6.45, 7) is 8.73. The van der Waals surface area contributed by atoms with Crippen molar-refractivity contribution in [1.29, 1.82) is 0 Å². The van der Waals surface area contributed by atoms with Gasteiger partial charge in [-0.3, -0.25) is 19.4 Å². The highest BCUT2D eigenvalue weighted by Gasteiger charge is 2.30. The summed E-state index contributed by atoms with van der Waals surface area (Å²) in [5.41, 5.74) is 2.25. The van der Waals surface area contributed by atoms with E-state index in [2.05, 4.69) is 39.3 Å². The smallest absolute Gasteiger partial charge is 0.256 e.